The van der Waals surface area contributed by atoms with Crippen molar-refractivity contribution in [3.8, 4) is 5.97 Å². The number of fused-ring (bicyclic) bond motifs is 2. The Balaban J connectivity index is 0.00000400. The van der Waals surface area contributed by atoms with Crippen LogP contribution in [0.25, 0.3) is 22.3 Å². The highest BCUT2D eigenvalue weighted by molar-refractivity contribution is 7.47. The van der Waals surface area contributed by atoms with E-state index >= 15 is 0 Å². The van der Waals surface area contributed by atoms with Crippen LogP contribution in [0.1, 0.15) is 25.3 Å². The van der Waals surface area contributed by atoms with E-state index in [9.17, 15) is 34.5 Å². The van der Waals surface area contributed by atoms with Crippen LogP contribution >= 0.6 is 7.82 Å². The number of rotatable bonds is 9. The number of aromatic amines is 2. The molecule has 7 atom stereocenters. The monoisotopic (exact) mass is 652 g/mol. The van der Waals surface area contributed by atoms with Gasteiger partial charge in [-0.15, -0.1) is 5.97 Å². The number of hydrogen-bond donors (Lipinski definition) is 8. The Hall–Kier alpha value is -4.24. The lowest BCUT2D eigenvalue weighted by atomic mass is 9.98. The predicted molar refractivity (Wildman–Crippen MR) is 153 cm³/mol. The van der Waals surface area contributed by atoms with Gasteiger partial charge in [0.1, 0.15) is 24.5 Å². The molecule has 12 N–H and O–H groups in total. The van der Waals surface area contributed by atoms with Gasteiger partial charge in [0, 0.05) is 12.8 Å². The van der Waals surface area contributed by atoms with Crippen molar-refractivity contribution >= 4 is 49.5 Å². The average molecular weight is 652 g/mol. The number of nitriles is 1. The van der Waals surface area contributed by atoms with Gasteiger partial charge in [-0.25, -0.2) is 14.8 Å². The van der Waals surface area contributed by atoms with Crippen LogP contribution in [0, 0.1) is 11.2 Å². The molecule has 242 valence electrons. The highest BCUT2D eigenvalue weighted by Gasteiger charge is 2.44. The number of phosphoric ester groups is 1. The SMILES string of the molecule is N.N#C[BH2-][n+]1cn(C2CC(O)C(COP(=O)(O)OC3CC(n4cnc5c(=O)[nH]c(N)nc54)OC3CO)O2)c2nc(N)[nH]c(=O)c21. The summed E-state index contributed by atoms with van der Waals surface area (Å²) in [5.41, 5.74) is 10.6. The van der Waals surface area contributed by atoms with E-state index in [2.05, 4.69) is 30.9 Å². The molecule has 4 aromatic rings. The summed E-state index contributed by atoms with van der Waals surface area (Å²) in [6.45, 7) is -1.14. The number of nitrogens with one attached hydrogen (secondary N) is 2. The Morgan fingerprint density at radius 2 is 1.80 bits per heavy atom. The minimum absolute atomic E-state index is 0. The maximum absolute atomic E-state index is 12.9. The molecule has 0 spiro atoms. The van der Waals surface area contributed by atoms with Gasteiger partial charge in [0.2, 0.25) is 30.0 Å². The molecule has 0 amide bonds. The lowest BCUT2D eigenvalue weighted by Gasteiger charge is -2.21. The second-order valence-corrected chi connectivity index (χ2v) is 11.8. The number of nitrogens with zero attached hydrogens (tertiary/aromatic N) is 7. The lowest BCUT2D eigenvalue weighted by Crippen LogP contribution is -2.41. The standard InChI is InChI=1S/C21H27BN11O10P.H3N/c23-5-22-33-7-32(17-15(33)19(37)30-21(25)28-17)12-1-8(35)11(42-12)4-40-44(38,39)43-9-2-13(41-10(9)3-34)31-6-26-14-16(31)27-20(24)29-18(14)36;/h6-13,34-35H,1-4,22H2,(H,38,39)(H3,24,27,29,36)(H3,25,28,30,37);1H3. The molecule has 2 aliphatic rings. The number of hydrogen-bond acceptors (Lipinski definition) is 16. The summed E-state index contributed by atoms with van der Waals surface area (Å²) in [6, 6.07) is 0. The highest BCUT2D eigenvalue weighted by atomic mass is 31.2. The normalized spacial score (nSPS) is 26.2. The molecule has 6 heterocycles. The molecular formula is C21H30BN12O10P. The van der Waals surface area contributed by atoms with Crippen molar-refractivity contribution in [3.05, 3.63) is 33.4 Å². The van der Waals surface area contributed by atoms with Crippen molar-refractivity contribution in [2.24, 2.45) is 0 Å². The number of nitrogens with two attached hydrogens (primary N) is 2. The fourth-order valence-corrected chi connectivity index (χ4v) is 6.42. The number of phosphoric acid groups is 1. The first-order valence-corrected chi connectivity index (χ1v) is 14.9. The second-order valence-electron chi connectivity index (χ2n) is 10.4. The summed E-state index contributed by atoms with van der Waals surface area (Å²) >= 11 is 0. The van der Waals surface area contributed by atoms with Gasteiger partial charge in [0.15, 0.2) is 11.2 Å². The minimum atomic E-state index is -4.80. The third-order valence-electron chi connectivity index (χ3n) is 7.44. The fraction of sp³-hybridized carbons (Fsp3) is 0.476. The number of aromatic nitrogens is 8. The summed E-state index contributed by atoms with van der Waals surface area (Å²) in [5, 5.41) is 29.7. The number of imidazole rings is 2. The zero-order valence-electron chi connectivity index (χ0n) is 23.6. The van der Waals surface area contributed by atoms with Crippen LogP contribution in [0.3, 0.4) is 0 Å². The van der Waals surface area contributed by atoms with Crippen LogP contribution < -0.4 is 33.2 Å². The summed E-state index contributed by atoms with van der Waals surface area (Å²) in [6.07, 6.45) is -3.45. The highest BCUT2D eigenvalue weighted by Crippen LogP contribution is 2.49. The number of H-pyrrole nitrogens is 2. The maximum atomic E-state index is 12.9. The molecule has 6 rings (SSSR count). The Morgan fingerprint density at radius 1 is 1.13 bits per heavy atom. The smallest absolute Gasteiger partial charge is 0.414 e. The number of aliphatic hydroxyl groups excluding tert-OH is 2. The predicted octanol–water partition coefficient (Wildman–Crippen LogP) is -3.68. The average Bonchev–Trinajstić information content (AvgIpc) is 3.72. The van der Waals surface area contributed by atoms with Gasteiger partial charge in [0.05, 0.1) is 25.6 Å². The van der Waals surface area contributed by atoms with Crippen molar-refractivity contribution in [1.82, 2.24) is 40.2 Å². The van der Waals surface area contributed by atoms with Gasteiger partial charge in [-0.2, -0.15) is 14.5 Å². The number of ether oxygens (including phenoxy) is 2. The molecule has 22 nitrogen and oxygen atoms in total. The van der Waals surface area contributed by atoms with Gasteiger partial charge < -0.3 is 46.7 Å². The van der Waals surface area contributed by atoms with Gasteiger partial charge in [-0.3, -0.25) is 33.2 Å². The molecule has 45 heavy (non-hydrogen) atoms. The van der Waals surface area contributed by atoms with Gasteiger partial charge in [0.25, 0.3) is 24.2 Å². The molecule has 4 aromatic heterocycles. The molecule has 0 aromatic carbocycles. The van der Waals surface area contributed by atoms with Crippen molar-refractivity contribution < 1.29 is 42.7 Å². The first kappa shape index (κ1) is 32.2. The topological polar surface area (TPSA) is 344 Å². The van der Waals surface area contributed by atoms with Crippen LogP contribution in [-0.4, -0.2) is 94.2 Å². The fourth-order valence-electron chi connectivity index (χ4n) is 5.46. The quantitative estimate of drug-likeness (QED) is 0.0637. The lowest BCUT2D eigenvalue weighted by molar-refractivity contribution is -0.499. The molecular weight excluding hydrogens is 622 g/mol. The van der Waals surface area contributed by atoms with Crippen LogP contribution in [0.15, 0.2) is 22.2 Å². The third-order valence-corrected chi connectivity index (χ3v) is 8.45. The summed E-state index contributed by atoms with van der Waals surface area (Å²) in [4.78, 5) is 52.0. The summed E-state index contributed by atoms with van der Waals surface area (Å²) in [5.74, 6) is 1.76. The van der Waals surface area contributed by atoms with Gasteiger partial charge >= 0.3 is 7.82 Å². The van der Waals surface area contributed by atoms with E-state index in [1.54, 1.807) is 0 Å². The van der Waals surface area contributed by atoms with Crippen molar-refractivity contribution in [1.29, 1.82) is 5.26 Å². The van der Waals surface area contributed by atoms with E-state index in [0.29, 0.717) is 0 Å². The molecule has 24 heteroatoms. The summed E-state index contributed by atoms with van der Waals surface area (Å²) in [7, 11) is -6.22. The van der Waals surface area contributed by atoms with Crippen molar-refractivity contribution in [2.45, 2.75) is 49.7 Å². The van der Waals surface area contributed by atoms with Crippen LogP contribution in [0.2, 0.25) is 0 Å². The van der Waals surface area contributed by atoms with Crippen LogP contribution in [0.4, 0.5) is 11.9 Å². The van der Waals surface area contributed by atoms with Gasteiger partial charge in [-0.05, 0) is 0 Å². The summed E-state index contributed by atoms with van der Waals surface area (Å²) < 4.78 is 39.4. The molecule has 0 radical (unpaired) electrons. The third kappa shape index (κ3) is 6.06. The first-order chi connectivity index (χ1) is 21.0. The van der Waals surface area contributed by atoms with E-state index < -0.39 is 76.4 Å². The Labute approximate surface area is 251 Å². The molecule has 0 saturated carbocycles. The molecule has 2 fully saturated rings. The zero-order chi connectivity index (χ0) is 31.3. The van der Waals surface area contributed by atoms with Crippen molar-refractivity contribution in [3.63, 3.8) is 0 Å². The van der Waals surface area contributed by atoms with E-state index in [-0.39, 0.29) is 53.2 Å². The van der Waals surface area contributed by atoms with E-state index in [0.717, 1.165) is 0 Å². The Kier molecular flexibility index (Phi) is 8.78. The second kappa shape index (κ2) is 12.3. The Morgan fingerprint density at radius 3 is 2.51 bits per heavy atom. The molecule has 0 bridgehead atoms. The van der Waals surface area contributed by atoms with Gasteiger partial charge in [-0.1, -0.05) is 0 Å². The van der Waals surface area contributed by atoms with Crippen LogP contribution in [-0.2, 0) is 23.1 Å². The molecule has 7 unspecified atom stereocenters. The number of nitrogen functional groups attached to an aromatic ring is 2. The Bertz CT molecular complexity index is 1940. The minimum Gasteiger partial charge on any atom is -0.414 e. The van der Waals surface area contributed by atoms with E-state index in [4.69, 9.17) is 30.0 Å². The van der Waals surface area contributed by atoms with E-state index in [1.807, 2.05) is 0 Å². The van der Waals surface area contributed by atoms with Crippen molar-refractivity contribution in [2.75, 3.05) is 24.7 Å². The largest absolute Gasteiger partial charge is 0.472 e. The molecule has 2 aliphatic heterocycles. The maximum Gasteiger partial charge on any atom is 0.472 e. The first-order valence-electron chi connectivity index (χ1n) is 13.4. The van der Waals surface area contributed by atoms with Crippen LogP contribution in [0.5, 0.6) is 0 Å². The zero-order valence-corrected chi connectivity index (χ0v) is 24.5. The molecule has 2 saturated heterocycles. The van der Waals surface area contributed by atoms with E-state index in [1.165, 1.54) is 26.3 Å². The molecule has 0 aliphatic carbocycles. The number of anilines is 2. The number of aliphatic hydroxyl groups is 2.